The van der Waals surface area contributed by atoms with E-state index in [9.17, 15) is 0 Å². The van der Waals surface area contributed by atoms with Gasteiger partial charge in [0.2, 0.25) is 0 Å². The predicted molar refractivity (Wildman–Crippen MR) is 152 cm³/mol. The Hall–Kier alpha value is -2.60. The van der Waals surface area contributed by atoms with E-state index >= 15 is 0 Å². The molecule has 0 aliphatic rings. The Balaban J connectivity index is 1.80. The van der Waals surface area contributed by atoms with Crippen molar-refractivity contribution in [2.45, 2.75) is 59.0 Å². The summed E-state index contributed by atoms with van der Waals surface area (Å²) in [5.74, 6) is 0. The normalized spacial score (nSPS) is 12.1. The fourth-order valence-electron chi connectivity index (χ4n) is 4.55. The van der Waals surface area contributed by atoms with Gasteiger partial charge in [0.05, 0.1) is 11.4 Å². The van der Waals surface area contributed by atoms with Gasteiger partial charge < -0.3 is 5.32 Å². The van der Waals surface area contributed by atoms with Gasteiger partial charge in [-0.15, -0.1) is 0 Å². The Morgan fingerprint density at radius 2 is 1.78 bits per heavy atom. The highest BCUT2D eigenvalue weighted by atomic mass is 35.5. The minimum Gasteiger partial charge on any atom is -0.312 e. The molecule has 5 nitrogen and oxygen atoms in total. The van der Waals surface area contributed by atoms with Crippen LogP contribution >= 0.6 is 11.6 Å². The standard InChI is InChI=1S/C30H40ClN5/c1-23-19-24(2)28(35-20-23)21-36(18-7-6-14-33-17-16-32-5)22-29-27(9-8-15-34-29)30(3,4)25-10-12-26(31)13-11-25/h8-13,15-16,19-20,33H,6-7,14,17-18,21-22H2,1-5H3/b32-16-. The number of halogens is 1. The molecule has 1 N–H and O–H groups in total. The van der Waals surface area contributed by atoms with Crippen molar-refractivity contribution in [1.82, 2.24) is 20.2 Å². The number of hydrogen-bond donors (Lipinski definition) is 1. The van der Waals surface area contributed by atoms with Crippen molar-refractivity contribution in [3.63, 3.8) is 0 Å². The fraction of sp³-hybridized carbons (Fsp3) is 0.433. The lowest BCUT2D eigenvalue weighted by atomic mass is 9.77. The summed E-state index contributed by atoms with van der Waals surface area (Å²) in [7, 11) is 1.81. The molecule has 0 aliphatic heterocycles. The Bertz CT molecular complexity index is 1120. The van der Waals surface area contributed by atoms with Gasteiger partial charge >= 0.3 is 0 Å². The van der Waals surface area contributed by atoms with Crippen LogP contribution in [0.1, 0.15) is 60.3 Å². The van der Waals surface area contributed by atoms with Crippen molar-refractivity contribution in [3.8, 4) is 0 Å². The number of pyridine rings is 2. The van der Waals surface area contributed by atoms with E-state index in [0.717, 1.165) is 62.0 Å². The van der Waals surface area contributed by atoms with Crippen LogP contribution in [0.3, 0.4) is 0 Å². The van der Waals surface area contributed by atoms with E-state index in [2.05, 4.69) is 67.2 Å². The largest absolute Gasteiger partial charge is 0.312 e. The van der Waals surface area contributed by atoms with Crippen LogP contribution in [0.25, 0.3) is 0 Å². The summed E-state index contributed by atoms with van der Waals surface area (Å²) < 4.78 is 0. The average Bonchev–Trinajstić information content (AvgIpc) is 2.85. The van der Waals surface area contributed by atoms with Gasteiger partial charge in [-0.25, -0.2) is 0 Å². The molecular formula is C30H40ClN5. The molecule has 6 heteroatoms. The predicted octanol–water partition coefficient (Wildman–Crippen LogP) is 6.15. The molecule has 0 radical (unpaired) electrons. The van der Waals surface area contributed by atoms with Crippen molar-refractivity contribution in [1.29, 1.82) is 0 Å². The van der Waals surface area contributed by atoms with Crippen molar-refractivity contribution in [3.05, 3.63) is 93.5 Å². The molecule has 2 heterocycles. The summed E-state index contributed by atoms with van der Waals surface area (Å²) in [5, 5.41) is 4.18. The third kappa shape index (κ3) is 7.95. The van der Waals surface area contributed by atoms with Gasteiger partial charge in [0.25, 0.3) is 0 Å². The number of aryl methyl sites for hydroxylation is 2. The smallest absolute Gasteiger partial charge is 0.0584 e. The van der Waals surface area contributed by atoms with Gasteiger partial charge in [0, 0.05) is 55.7 Å². The molecule has 36 heavy (non-hydrogen) atoms. The minimum absolute atomic E-state index is 0.192. The highest BCUT2D eigenvalue weighted by Crippen LogP contribution is 2.34. The van der Waals surface area contributed by atoms with Crippen molar-refractivity contribution in [2.75, 3.05) is 26.7 Å². The van der Waals surface area contributed by atoms with Crippen LogP contribution < -0.4 is 5.32 Å². The van der Waals surface area contributed by atoms with Gasteiger partial charge in [-0.3, -0.25) is 19.9 Å². The van der Waals surface area contributed by atoms with E-state index in [1.807, 2.05) is 36.8 Å². The molecule has 3 aromatic rings. The molecular weight excluding hydrogens is 466 g/mol. The lowest BCUT2D eigenvalue weighted by Gasteiger charge is -2.30. The number of nitrogens with zero attached hydrogens (tertiary/aromatic N) is 4. The molecule has 0 atom stereocenters. The van der Waals surface area contributed by atoms with Gasteiger partial charge in [-0.2, -0.15) is 0 Å². The highest BCUT2D eigenvalue weighted by molar-refractivity contribution is 6.30. The second-order valence-corrected chi connectivity index (χ2v) is 10.4. The summed E-state index contributed by atoms with van der Waals surface area (Å²) in [6.45, 7) is 13.1. The topological polar surface area (TPSA) is 53.4 Å². The van der Waals surface area contributed by atoms with Gasteiger partial charge in [-0.1, -0.05) is 49.7 Å². The molecule has 2 aromatic heterocycles. The molecule has 0 bridgehead atoms. The van der Waals surface area contributed by atoms with Gasteiger partial charge in [0.15, 0.2) is 0 Å². The first-order valence-corrected chi connectivity index (χ1v) is 13.1. The molecule has 0 aliphatic carbocycles. The molecule has 0 unspecified atom stereocenters. The number of aliphatic imine (C=N–C) groups is 1. The fourth-order valence-corrected chi connectivity index (χ4v) is 4.67. The molecule has 0 spiro atoms. The molecule has 192 valence electrons. The summed E-state index contributed by atoms with van der Waals surface area (Å²) in [4.78, 5) is 16.1. The Labute approximate surface area is 222 Å². The van der Waals surface area contributed by atoms with E-state index in [4.69, 9.17) is 21.6 Å². The van der Waals surface area contributed by atoms with Crippen molar-refractivity contribution in [2.24, 2.45) is 4.99 Å². The van der Waals surface area contributed by atoms with Crippen LogP contribution in [-0.4, -0.2) is 47.8 Å². The number of hydrogen-bond acceptors (Lipinski definition) is 5. The quantitative estimate of drug-likeness (QED) is 0.224. The second kappa shape index (κ2) is 13.6. The Kier molecular flexibility index (Phi) is 10.6. The van der Waals surface area contributed by atoms with Crippen LogP contribution in [0.2, 0.25) is 5.02 Å². The van der Waals surface area contributed by atoms with E-state index in [1.54, 1.807) is 7.05 Å². The maximum atomic E-state index is 6.17. The summed E-state index contributed by atoms with van der Waals surface area (Å²) in [5.41, 5.74) is 6.95. The van der Waals surface area contributed by atoms with Crippen LogP contribution in [0.4, 0.5) is 0 Å². The third-order valence-corrected chi connectivity index (χ3v) is 6.95. The SMILES string of the molecule is C/N=C\CNCCCCN(Cc1ncc(C)cc1C)Cc1ncccc1C(C)(C)c1ccc(Cl)cc1. The molecule has 0 fully saturated rings. The summed E-state index contributed by atoms with van der Waals surface area (Å²) in [6, 6.07) is 14.6. The molecule has 0 saturated carbocycles. The maximum Gasteiger partial charge on any atom is 0.0584 e. The second-order valence-electron chi connectivity index (χ2n) is 9.97. The lowest BCUT2D eigenvalue weighted by Crippen LogP contribution is -2.29. The van der Waals surface area contributed by atoms with Crippen LogP contribution in [0, 0.1) is 13.8 Å². The average molecular weight is 506 g/mol. The number of benzene rings is 1. The molecule has 0 amide bonds. The summed E-state index contributed by atoms with van der Waals surface area (Å²) >= 11 is 6.17. The first-order valence-electron chi connectivity index (χ1n) is 12.8. The first kappa shape index (κ1) is 28.0. The zero-order valence-electron chi connectivity index (χ0n) is 22.4. The number of rotatable bonds is 13. The van der Waals surface area contributed by atoms with Crippen LogP contribution in [-0.2, 0) is 18.5 Å². The minimum atomic E-state index is -0.192. The van der Waals surface area contributed by atoms with Crippen LogP contribution in [0.5, 0.6) is 0 Å². The molecule has 3 rings (SSSR count). The zero-order chi connectivity index (χ0) is 26.0. The highest BCUT2D eigenvalue weighted by Gasteiger charge is 2.27. The van der Waals surface area contributed by atoms with E-state index < -0.39 is 0 Å². The van der Waals surface area contributed by atoms with Gasteiger partial charge in [0.1, 0.15) is 0 Å². The van der Waals surface area contributed by atoms with E-state index in [1.165, 1.54) is 22.3 Å². The number of nitrogens with one attached hydrogen (secondary N) is 1. The monoisotopic (exact) mass is 505 g/mol. The maximum absolute atomic E-state index is 6.17. The van der Waals surface area contributed by atoms with Crippen LogP contribution in [0.15, 0.2) is 59.9 Å². The van der Waals surface area contributed by atoms with Crippen molar-refractivity contribution >= 4 is 17.8 Å². The third-order valence-electron chi connectivity index (χ3n) is 6.70. The lowest BCUT2D eigenvalue weighted by molar-refractivity contribution is 0.243. The Morgan fingerprint density at radius 3 is 2.50 bits per heavy atom. The van der Waals surface area contributed by atoms with E-state index in [0.29, 0.717) is 0 Å². The number of unbranched alkanes of at least 4 members (excludes halogenated alkanes) is 1. The first-order chi connectivity index (χ1) is 17.3. The molecule has 1 aromatic carbocycles. The Morgan fingerprint density at radius 1 is 1.03 bits per heavy atom. The zero-order valence-corrected chi connectivity index (χ0v) is 23.1. The van der Waals surface area contributed by atoms with Gasteiger partial charge in [-0.05, 0) is 80.2 Å². The number of aromatic nitrogens is 2. The molecule has 0 saturated heterocycles. The van der Waals surface area contributed by atoms with E-state index in [-0.39, 0.29) is 5.41 Å². The van der Waals surface area contributed by atoms with Crippen molar-refractivity contribution < 1.29 is 0 Å². The summed E-state index contributed by atoms with van der Waals surface area (Å²) in [6.07, 6.45) is 7.99.